The van der Waals surface area contributed by atoms with Crippen molar-refractivity contribution >= 4 is 40.0 Å². The molecule has 7 heteroatoms. The van der Waals surface area contributed by atoms with Crippen LogP contribution >= 0.6 is 0 Å². The highest BCUT2D eigenvalue weighted by molar-refractivity contribution is 6.25. The predicted molar refractivity (Wildman–Crippen MR) is 141 cm³/mol. The van der Waals surface area contributed by atoms with Crippen LogP contribution in [0.5, 0.6) is 0 Å². The van der Waals surface area contributed by atoms with Crippen molar-refractivity contribution in [2.45, 2.75) is 31.8 Å². The van der Waals surface area contributed by atoms with E-state index in [9.17, 15) is 14.4 Å². The minimum atomic E-state index is -1.31. The summed E-state index contributed by atoms with van der Waals surface area (Å²) in [6, 6.07) is 20.8. The number of carbonyl (C=O) groups is 3. The third-order valence-electron chi connectivity index (χ3n) is 8.28. The fourth-order valence-corrected chi connectivity index (χ4v) is 6.58. The molecule has 3 aliphatic heterocycles. The average Bonchev–Trinajstić information content (AvgIpc) is 3.59. The fraction of sp³-hybridized carbons (Fsp3) is 0.233. The molecule has 1 aromatic heterocycles. The Kier molecular flexibility index (Phi) is 4.54. The van der Waals surface area contributed by atoms with Crippen LogP contribution in [-0.4, -0.2) is 28.7 Å². The van der Waals surface area contributed by atoms with Gasteiger partial charge in [0.1, 0.15) is 5.54 Å². The Morgan fingerprint density at radius 3 is 2.46 bits per heavy atom. The van der Waals surface area contributed by atoms with Gasteiger partial charge in [0.15, 0.2) is 0 Å². The Hall–Kier alpha value is -4.23. The van der Waals surface area contributed by atoms with Gasteiger partial charge < -0.3 is 10.3 Å². The number of fused-ring (bicyclic) bond motifs is 5. The number of aromatic amines is 1. The largest absolute Gasteiger partial charge is 0.361 e. The molecule has 7 nitrogen and oxygen atoms in total. The molecule has 4 unspecified atom stereocenters. The average molecular weight is 491 g/mol. The number of hydrogen-bond donors (Lipinski definition) is 3. The molecule has 37 heavy (non-hydrogen) atoms. The van der Waals surface area contributed by atoms with Crippen molar-refractivity contribution in [3.05, 3.63) is 95.2 Å². The second-order valence-electron chi connectivity index (χ2n) is 10.5. The molecule has 2 fully saturated rings. The third kappa shape index (κ3) is 2.95. The van der Waals surface area contributed by atoms with E-state index in [1.165, 1.54) is 4.90 Å². The Balaban J connectivity index is 1.38. The molecule has 184 valence electrons. The molecule has 0 radical (unpaired) electrons. The Morgan fingerprint density at radius 1 is 0.892 bits per heavy atom. The van der Waals surface area contributed by atoms with Gasteiger partial charge in [0.25, 0.3) is 0 Å². The van der Waals surface area contributed by atoms with E-state index in [0.29, 0.717) is 17.8 Å². The maximum absolute atomic E-state index is 14.1. The van der Waals surface area contributed by atoms with Gasteiger partial charge in [-0.05, 0) is 50.1 Å². The predicted octanol–water partition coefficient (Wildman–Crippen LogP) is 3.95. The number of rotatable bonds is 3. The lowest BCUT2D eigenvalue weighted by molar-refractivity contribution is -0.130. The van der Waals surface area contributed by atoms with Crippen LogP contribution in [0, 0.1) is 25.7 Å². The van der Waals surface area contributed by atoms with Gasteiger partial charge >= 0.3 is 0 Å². The highest BCUT2D eigenvalue weighted by atomic mass is 16.2. The second kappa shape index (κ2) is 7.63. The molecule has 3 N–H and O–H groups in total. The minimum Gasteiger partial charge on any atom is -0.361 e. The SMILES string of the molecule is Cc1ccc(N2C(=O)C3C(Cc4c[nH]c5ccccc45)NC4(C(=O)Nc5ccc(C)cc54)C3C2=O)cc1. The van der Waals surface area contributed by atoms with E-state index in [1.54, 1.807) is 12.1 Å². The molecule has 0 aliphatic carbocycles. The smallest absolute Gasteiger partial charge is 0.250 e. The number of amides is 3. The minimum absolute atomic E-state index is 0.262. The summed E-state index contributed by atoms with van der Waals surface area (Å²) in [5.74, 6) is -2.41. The zero-order valence-corrected chi connectivity index (χ0v) is 20.5. The normalized spacial score (nSPS) is 26.3. The van der Waals surface area contributed by atoms with Crippen molar-refractivity contribution in [3.8, 4) is 0 Å². The molecule has 4 heterocycles. The fourth-order valence-electron chi connectivity index (χ4n) is 6.58. The first kappa shape index (κ1) is 22.0. The second-order valence-corrected chi connectivity index (χ2v) is 10.5. The van der Waals surface area contributed by atoms with Crippen molar-refractivity contribution in [3.63, 3.8) is 0 Å². The summed E-state index contributed by atoms with van der Waals surface area (Å²) < 4.78 is 0. The van der Waals surface area contributed by atoms with E-state index in [-0.39, 0.29) is 17.7 Å². The standard InChI is InChI=1S/C30H26N4O3/c1-16-7-10-19(11-8-16)34-27(35)25-24(14-18-15-31-22-6-4-3-5-20(18)22)33-30(26(25)28(34)36)21-13-17(2)9-12-23(21)32-29(30)37/h3-13,15,24-26,31,33H,14H2,1-2H3,(H,32,37). The van der Waals surface area contributed by atoms with Crippen LogP contribution in [0.2, 0.25) is 0 Å². The first-order chi connectivity index (χ1) is 17.9. The number of carbonyl (C=O) groups excluding carboxylic acids is 3. The Bertz CT molecular complexity index is 1620. The molecule has 0 bridgehead atoms. The summed E-state index contributed by atoms with van der Waals surface area (Å²) in [5, 5.41) is 7.61. The lowest BCUT2D eigenvalue weighted by atomic mass is 9.76. The van der Waals surface area contributed by atoms with Crippen molar-refractivity contribution in [2.75, 3.05) is 10.2 Å². The summed E-state index contributed by atoms with van der Waals surface area (Å²) >= 11 is 0. The van der Waals surface area contributed by atoms with Crippen molar-refractivity contribution in [1.29, 1.82) is 0 Å². The van der Waals surface area contributed by atoms with Crippen LogP contribution < -0.4 is 15.5 Å². The van der Waals surface area contributed by atoms with Crippen LogP contribution in [0.25, 0.3) is 10.9 Å². The maximum Gasteiger partial charge on any atom is 0.250 e. The Morgan fingerprint density at radius 2 is 1.65 bits per heavy atom. The first-order valence-corrected chi connectivity index (χ1v) is 12.6. The van der Waals surface area contributed by atoms with Crippen LogP contribution in [0.4, 0.5) is 11.4 Å². The molecule has 0 saturated carbocycles. The van der Waals surface area contributed by atoms with Gasteiger partial charge in [0, 0.05) is 34.4 Å². The van der Waals surface area contributed by atoms with Gasteiger partial charge in [-0.15, -0.1) is 0 Å². The molecule has 7 rings (SSSR count). The number of para-hydroxylation sites is 1. The van der Waals surface area contributed by atoms with E-state index in [2.05, 4.69) is 15.6 Å². The summed E-state index contributed by atoms with van der Waals surface area (Å²) in [4.78, 5) is 46.5. The monoisotopic (exact) mass is 490 g/mol. The molecule has 4 aromatic rings. The van der Waals surface area contributed by atoms with Crippen LogP contribution in [0.1, 0.15) is 22.3 Å². The van der Waals surface area contributed by atoms with Crippen molar-refractivity contribution in [2.24, 2.45) is 11.8 Å². The summed E-state index contributed by atoms with van der Waals surface area (Å²) in [6.45, 7) is 3.93. The number of H-pyrrole nitrogens is 1. The van der Waals surface area contributed by atoms with E-state index in [0.717, 1.165) is 33.2 Å². The maximum atomic E-state index is 14.1. The van der Waals surface area contributed by atoms with Gasteiger partial charge in [-0.3, -0.25) is 19.7 Å². The lowest BCUT2D eigenvalue weighted by Gasteiger charge is -2.29. The molecule has 4 atom stereocenters. The van der Waals surface area contributed by atoms with E-state index < -0.39 is 23.4 Å². The topological polar surface area (TPSA) is 94.3 Å². The van der Waals surface area contributed by atoms with E-state index in [1.807, 2.05) is 74.6 Å². The van der Waals surface area contributed by atoms with Crippen LogP contribution in [-0.2, 0) is 26.3 Å². The molecule has 1 spiro atoms. The highest BCUT2D eigenvalue weighted by Gasteiger charge is 2.70. The number of nitrogens with zero attached hydrogens (tertiary/aromatic N) is 1. The molecule has 3 aromatic carbocycles. The molecule has 3 amide bonds. The van der Waals surface area contributed by atoms with Gasteiger partial charge in [0.05, 0.1) is 17.5 Å². The number of benzene rings is 3. The number of hydrogen-bond acceptors (Lipinski definition) is 4. The molecular formula is C30H26N4O3. The number of imide groups is 1. The summed E-state index contributed by atoms with van der Waals surface area (Å²) in [6.07, 6.45) is 2.46. The number of anilines is 2. The zero-order chi connectivity index (χ0) is 25.5. The van der Waals surface area contributed by atoms with E-state index in [4.69, 9.17) is 0 Å². The highest BCUT2D eigenvalue weighted by Crippen LogP contribution is 2.54. The van der Waals surface area contributed by atoms with Gasteiger partial charge in [-0.1, -0.05) is 53.6 Å². The van der Waals surface area contributed by atoms with Crippen LogP contribution in [0.15, 0.2) is 72.9 Å². The summed E-state index contributed by atoms with van der Waals surface area (Å²) in [7, 11) is 0. The third-order valence-corrected chi connectivity index (χ3v) is 8.28. The van der Waals surface area contributed by atoms with Crippen molar-refractivity contribution < 1.29 is 14.4 Å². The lowest BCUT2D eigenvalue weighted by Crippen LogP contribution is -2.53. The Labute approximate surface area is 213 Å². The number of aryl methyl sites for hydroxylation is 2. The van der Waals surface area contributed by atoms with Gasteiger partial charge in [-0.2, -0.15) is 0 Å². The quantitative estimate of drug-likeness (QED) is 0.379. The zero-order valence-electron chi connectivity index (χ0n) is 20.5. The van der Waals surface area contributed by atoms with Gasteiger partial charge in [0.2, 0.25) is 17.7 Å². The van der Waals surface area contributed by atoms with Gasteiger partial charge in [-0.25, -0.2) is 4.90 Å². The molecule has 3 aliphatic rings. The molecular weight excluding hydrogens is 464 g/mol. The van der Waals surface area contributed by atoms with Crippen molar-refractivity contribution in [1.82, 2.24) is 10.3 Å². The summed E-state index contributed by atoms with van der Waals surface area (Å²) in [5.41, 5.74) is 4.73. The first-order valence-electron chi connectivity index (χ1n) is 12.6. The molecule has 2 saturated heterocycles. The number of nitrogens with one attached hydrogen (secondary N) is 3. The van der Waals surface area contributed by atoms with Crippen LogP contribution in [0.3, 0.4) is 0 Å². The number of aromatic nitrogens is 1. The van der Waals surface area contributed by atoms with E-state index >= 15 is 0 Å².